The van der Waals surface area contributed by atoms with Crippen molar-refractivity contribution in [2.24, 2.45) is 0 Å². The van der Waals surface area contributed by atoms with Crippen molar-refractivity contribution < 1.29 is 19.1 Å². The number of aryl methyl sites for hydroxylation is 1. The van der Waals surface area contributed by atoms with Crippen molar-refractivity contribution in [3.05, 3.63) is 41.8 Å². The molecule has 1 unspecified atom stereocenters. The van der Waals surface area contributed by atoms with Crippen LogP contribution in [0.5, 0.6) is 0 Å². The molecule has 2 N–H and O–H groups in total. The van der Waals surface area contributed by atoms with Crippen LogP contribution in [-0.4, -0.2) is 42.4 Å². The van der Waals surface area contributed by atoms with E-state index in [0.717, 1.165) is 0 Å². The summed E-state index contributed by atoms with van der Waals surface area (Å²) < 4.78 is 10.1. The molecule has 6 nitrogen and oxygen atoms in total. The number of aromatic nitrogens is 1. The van der Waals surface area contributed by atoms with Crippen LogP contribution in [0, 0.1) is 6.92 Å². The fraction of sp³-hybridized carbons (Fsp3) is 0.375. The van der Waals surface area contributed by atoms with Crippen molar-refractivity contribution in [2.45, 2.75) is 19.4 Å². The maximum absolute atomic E-state index is 12.1. The maximum atomic E-state index is 12.1. The SMILES string of the molecule is COCC(O)CCNC(=O)c1ccc(-c2ccco2)nc1C. The van der Waals surface area contributed by atoms with Gasteiger partial charge in [-0.15, -0.1) is 0 Å². The second-order valence-corrected chi connectivity index (χ2v) is 4.96. The number of hydrogen-bond acceptors (Lipinski definition) is 5. The number of amides is 1. The van der Waals surface area contributed by atoms with Crippen LogP contribution >= 0.6 is 0 Å². The van der Waals surface area contributed by atoms with Crippen LogP contribution in [0.25, 0.3) is 11.5 Å². The first-order chi connectivity index (χ1) is 10.6. The molecule has 0 aliphatic rings. The summed E-state index contributed by atoms with van der Waals surface area (Å²) in [6.45, 7) is 2.41. The highest BCUT2D eigenvalue weighted by atomic mass is 16.5. The molecule has 2 rings (SSSR count). The Morgan fingerprint density at radius 2 is 2.27 bits per heavy atom. The molecule has 0 saturated heterocycles. The minimum Gasteiger partial charge on any atom is -0.463 e. The number of methoxy groups -OCH3 is 1. The molecule has 0 fully saturated rings. The van der Waals surface area contributed by atoms with Crippen molar-refractivity contribution in [2.75, 3.05) is 20.3 Å². The first-order valence-corrected chi connectivity index (χ1v) is 7.08. The van der Waals surface area contributed by atoms with Crippen LogP contribution in [0.2, 0.25) is 0 Å². The second-order valence-electron chi connectivity index (χ2n) is 4.96. The highest BCUT2D eigenvalue weighted by molar-refractivity contribution is 5.95. The molecule has 0 aromatic carbocycles. The quantitative estimate of drug-likeness (QED) is 0.814. The van der Waals surface area contributed by atoms with Gasteiger partial charge in [0.25, 0.3) is 5.91 Å². The van der Waals surface area contributed by atoms with E-state index in [2.05, 4.69) is 10.3 Å². The largest absolute Gasteiger partial charge is 0.463 e. The number of pyridine rings is 1. The van der Waals surface area contributed by atoms with E-state index in [9.17, 15) is 9.90 Å². The Kier molecular flexibility index (Phi) is 5.68. The highest BCUT2D eigenvalue weighted by Gasteiger charge is 2.12. The van der Waals surface area contributed by atoms with Crippen molar-refractivity contribution in [3.63, 3.8) is 0 Å². The number of aliphatic hydroxyl groups is 1. The van der Waals surface area contributed by atoms with E-state index in [4.69, 9.17) is 9.15 Å². The fourth-order valence-corrected chi connectivity index (χ4v) is 2.09. The molecule has 0 aliphatic carbocycles. The predicted molar refractivity (Wildman–Crippen MR) is 81.5 cm³/mol. The van der Waals surface area contributed by atoms with Gasteiger partial charge >= 0.3 is 0 Å². The van der Waals surface area contributed by atoms with E-state index in [1.165, 1.54) is 7.11 Å². The van der Waals surface area contributed by atoms with Crippen LogP contribution in [0.4, 0.5) is 0 Å². The smallest absolute Gasteiger partial charge is 0.253 e. The lowest BCUT2D eigenvalue weighted by atomic mass is 10.1. The molecule has 2 aromatic heterocycles. The number of rotatable bonds is 7. The van der Waals surface area contributed by atoms with Crippen molar-refractivity contribution >= 4 is 5.91 Å². The second kappa shape index (κ2) is 7.72. The molecule has 6 heteroatoms. The normalized spacial score (nSPS) is 12.1. The molecule has 2 heterocycles. The van der Waals surface area contributed by atoms with Gasteiger partial charge in [0.2, 0.25) is 0 Å². The molecular weight excluding hydrogens is 284 g/mol. The van der Waals surface area contributed by atoms with E-state index in [1.54, 1.807) is 31.4 Å². The van der Waals surface area contributed by atoms with Crippen LogP contribution in [-0.2, 0) is 4.74 Å². The Labute approximate surface area is 129 Å². The summed E-state index contributed by atoms with van der Waals surface area (Å²) in [4.78, 5) is 16.5. The molecule has 1 atom stereocenters. The molecule has 118 valence electrons. The Balaban J connectivity index is 1.96. The third-order valence-electron chi connectivity index (χ3n) is 3.23. The minimum absolute atomic E-state index is 0.208. The summed E-state index contributed by atoms with van der Waals surface area (Å²) in [5, 5.41) is 12.3. The van der Waals surface area contributed by atoms with E-state index >= 15 is 0 Å². The van der Waals surface area contributed by atoms with Crippen LogP contribution < -0.4 is 5.32 Å². The standard InChI is InChI=1S/C16H20N2O4/c1-11-13(16(20)17-8-7-12(19)10-21-2)5-6-14(18-11)15-4-3-9-22-15/h3-6,9,12,19H,7-8,10H2,1-2H3,(H,17,20). The number of aliphatic hydroxyl groups excluding tert-OH is 1. The zero-order valence-electron chi connectivity index (χ0n) is 12.7. The van der Waals surface area contributed by atoms with Gasteiger partial charge in [-0.05, 0) is 37.6 Å². The van der Waals surface area contributed by atoms with Gasteiger partial charge in [0.05, 0.1) is 30.2 Å². The number of nitrogens with one attached hydrogen (secondary N) is 1. The molecule has 2 aromatic rings. The van der Waals surface area contributed by atoms with Gasteiger partial charge in [0, 0.05) is 13.7 Å². The predicted octanol–water partition coefficient (Wildman–Crippen LogP) is 1.78. The summed E-state index contributed by atoms with van der Waals surface area (Å²) in [5.41, 5.74) is 1.83. The molecule has 0 radical (unpaired) electrons. The molecule has 0 saturated carbocycles. The van der Waals surface area contributed by atoms with Crippen LogP contribution in [0.15, 0.2) is 34.9 Å². The zero-order chi connectivity index (χ0) is 15.9. The number of carbonyl (C=O) groups excluding carboxylic acids is 1. The first kappa shape index (κ1) is 16.2. The average molecular weight is 304 g/mol. The minimum atomic E-state index is -0.578. The maximum Gasteiger partial charge on any atom is 0.253 e. The van der Waals surface area contributed by atoms with Crippen molar-refractivity contribution in [3.8, 4) is 11.5 Å². The number of nitrogens with zero attached hydrogens (tertiary/aromatic N) is 1. The first-order valence-electron chi connectivity index (χ1n) is 7.08. The van der Waals surface area contributed by atoms with Gasteiger partial charge in [-0.3, -0.25) is 4.79 Å². The lowest BCUT2D eigenvalue weighted by molar-refractivity contribution is 0.0587. The molecule has 0 spiro atoms. The lowest BCUT2D eigenvalue weighted by Crippen LogP contribution is -2.29. The molecular formula is C16H20N2O4. The van der Waals surface area contributed by atoms with Crippen LogP contribution in [0.3, 0.4) is 0 Å². The van der Waals surface area contributed by atoms with Crippen molar-refractivity contribution in [1.82, 2.24) is 10.3 Å². The summed E-state index contributed by atoms with van der Waals surface area (Å²) in [6, 6.07) is 7.08. The topological polar surface area (TPSA) is 84.6 Å². The number of furan rings is 1. The Bertz CT molecular complexity index is 611. The lowest BCUT2D eigenvalue weighted by Gasteiger charge is -2.11. The number of hydrogen-bond donors (Lipinski definition) is 2. The summed E-state index contributed by atoms with van der Waals surface area (Å²) in [5.74, 6) is 0.457. The van der Waals surface area contributed by atoms with Crippen molar-refractivity contribution in [1.29, 1.82) is 0 Å². The monoisotopic (exact) mass is 304 g/mol. The zero-order valence-corrected chi connectivity index (χ0v) is 12.7. The highest BCUT2D eigenvalue weighted by Crippen LogP contribution is 2.19. The number of carbonyl (C=O) groups is 1. The third-order valence-corrected chi connectivity index (χ3v) is 3.23. The van der Waals surface area contributed by atoms with Gasteiger partial charge in [0.1, 0.15) is 5.69 Å². The Morgan fingerprint density at radius 3 is 2.91 bits per heavy atom. The Hall–Kier alpha value is -2.18. The van der Waals surface area contributed by atoms with E-state index in [-0.39, 0.29) is 12.5 Å². The molecule has 0 bridgehead atoms. The summed E-state index contributed by atoms with van der Waals surface area (Å²) in [7, 11) is 1.53. The molecule has 0 aliphatic heterocycles. The van der Waals surface area contributed by atoms with Gasteiger partial charge in [0.15, 0.2) is 5.76 Å². The van der Waals surface area contributed by atoms with Gasteiger partial charge in [-0.25, -0.2) is 4.98 Å². The van der Waals surface area contributed by atoms with E-state index < -0.39 is 6.10 Å². The summed E-state index contributed by atoms with van der Waals surface area (Å²) in [6.07, 6.45) is 1.44. The molecule has 1 amide bonds. The van der Waals surface area contributed by atoms with Gasteiger partial charge in [-0.2, -0.15) is 0 Å². The third kappa shape index (κ3) is 4.16. The van der Waals surface area contributed by atoms with Gasteiger partial charge in [-0.1, -0.05) is 0 Å². The van der Waals surface area contributed by atoms with E-state index in [0.29, 0.717) is 35.7 Å². The Morgan fingerprint density at radius 1 is 1.45 bits per heavy atom. The summed E-state index contributed by atoms with van der Waals surface area (Å²) >= 11 is 0. The van der Waals surface area contributed by atoms with Gasteiger partial charge < -0.3 is 19.6 Å². The molecule has 22 heavy (non-hydrogen) atoms. The van der Waals surface area contributed by atoms with Crippen LogP contribution in [0.1, 0.15) is 22.5 Å². The fourth-order valence-electron chi connectivity index (χ4n) is 2.09. The average Bonchev–Trinajstić information content (AvgIpc) is 3.01. The number of ether oxygens (including phenoxy) is 1. The van der Waals surface area contributed by atoms with E-state index in [1.807, 2.05) is 6.07 Å².